The lowest BCUT2D eigenvalue weighted by Crippen LogP contribution is -2.40. The second kappa shape index (κ2) is 13.6. The van der Waals surface area contributed by atoms with Crippen molar-refractivity contribution in [3.05, 3.63) is 78.4 Å². The first-order chi connectivity index (χ1) is 18.0. The first kappa shape index (κ1) is 27.2. The Bertz CT molecular complexity index is 1090. The van der Waals surface area contributed by atoms with Gasteiger partial charge in [-0.1, -0.05) is 50.1 Å². The number of thioether (sulfide) groups is 1. The first-order valence-corrected chi connectivity index (χ1v) is 14.3. The molecule has 1 fully saturated rings. The fourth-order valence-corrected chi connectivity index (χ4v) is 5.70. The second-order valence-corrected chi connectivity index (χ2v) is 11.1. The lowest BCUT2D eigenvalue weighted by molar-refractivity contribution is 0.128. The van der Waals surface area contributed by atoms with E-state index in [4.69, 9.17) is 14.6 Å². The molecular formula is C31H39NO4S. The largest absolute Gasteiger partial charge is 0.508 e. The number of ether oxygens (including phenoxy) is 2. The molecule has 2 heterocycles. The van der Waals surface area contributed by atoms with Crippen molar-refractivity contribution >= 4 is 11.8 Å². The minimum atomic E-state index is 0.0167. The molecule has 2 unspecified atom stereocenters. The smallest absolute Gasteiger partial charge is 0.134 e. The van der Waals surface area contributed by atoms with Crippen LogP contribution in [0.3, 0.4) is 0 Å². The quantitative estimate of drug-likeness (QED) is 0.368. The van der Waals surface area contributed by atoms with Crippen LogP contribution in [0.1, 0.15) is 51.2 Å². The van der Waals surface area contributed by atoms with Gasteiger partial charge < -0.3 is 19.7 Å². The van der Waals surface area contributed by atoms with Crippen molar-refractivity contribution in [3.63, 3.8) is 0 Å². The van der Waals surface area contributed by atoms with Gasteiger partial charge in [0.1, 0.15) is 35.7 Å². The molecule has 0 radical (unpaired) electrons. The summed E-state index contributed by atoms with van der Waals surface area (Å²) in [5.74, 6) is 4.03. The summed E-state index contributed by atoms with van der Waals surface area (Å²) in [5, 5.41) is 18.3. The van der Waals surface area contributed by atoms with Gasteiger partial charge in [0.2, 0.25) is 0 Å². The van der Waals surface area contributed by atoms with E-state index >= 15 is 0 Å². The van der Waals surface area contributed by atoms with Crippen LogP contribution in [0.15, 0.2) is 77.7 Å². The minimum Gasteiger partial charge on any atom is -0.508 e. The standard InChI is InChI=1S/C25H33NO3S.C6H6O/c1-18-5-3-4-13-26(14-12-18)19(2)16-28-22-9-6-20(7-10-22)24-17-30-25-15-21(27)8-11-23(25)29-24;7-6-4-2-1-3-5-6/h6-11,15,18-19,24,27H,3-5,12-14,16-17H2,1-2H3;1-5,7H/t18?,19?,24-;/m1./s1. The van der Waals surface area contributed by atoms with Gasteiger partial charge in [-0.25, -0.2) is 0 Å². The van der Waals surface area contributed by atoms with Crippen molar-refractivity contribution in [2.24, 2.45) is 5.92 Å². The summed E-state index contributed by atoms with van der Waals surface area (Å²) >= 11 is 1.72. The number of likely N-dealkylation sites (tertiary alicyclic amines) is 1. The SMILES string of the molecule is CC1CCCCN(C(C)COc2ccc([C@H]3CSc4cc(O)ccc4O3)cc2)CC1.Oc1ccccc1. The van der Waals surface area contributed by atoms with Gasteiger partial charge in [0, 0.05) is 11.8 Å². The highest BCUT2D eigenvalue weighted by atomic mass is 32.2. The maximum atomic E-state index is 9.63. The Balaban J connectivity index is 0.000000396. The van der Waals surface area contributed by atoms with E-state index in [1.165, 1.54) is 38.8 Å². The summed E-state index contributed by atoms with van der Waals surface area (Å²) in [6.07, 6.45) is 5.33. The topological polar surface area (TPSA) is 62.2 Å². The van der Waals surface area contributed by atoms with Crippen LogP contribution in [0, 0.1) is 5.92 Å². The van der Waals surface area contributed by atoms with Crippen LogP contribution in [-0.2, 0) is 0 Å². The van der Waals surface area contributed by atoms with Gasteiger partial charge >= 0.3 is 0 Å². The van der Waals surface area contributed by atoms with Gasteiger partial charge in [0.15, 0.2) is 0 Å². The molecule has 0 aliphatic carbocycles. The van der Waals surface area contributed by atoms with Gasteiger partial charge in [-0.2, -0.15) is 0 Å². The number of benzene rings is 3. The number of rotatable bonds is 5. The highest BCUT2D eigenvalue weighted by Crippen LogP contribution is 2.42. The van der Waals surface area contributed by atoms with Crippen molar-refractivity contribution < 1.29 is 19.7 Å². The van der Waals surface area contributed by atoms with Crippen LogP contribution in [0.5, 0.6) is 23.0 Å². The average molecular weight is 522 g/mol. The van der Waals surface area contributed by atoms with Crippen molar-refractivity contribution in [2.45, 2.75) is 56.6 Å². The normalized spacial score (nSPS) is 20.7. The summed E-state index contributed by atoms with van der Waals surface area (Å²) in [6.45, 7) is 7.75. The number of hydrogen-bond donors (Lipinski definition) is 2. The Kier molecular flexibility index (Phi) is 10.0. The molecule has 37 heavy (non-hydrogen) atoms. The molecular weight excluding hydrogens is 482 g/mol. The molecule has 0 saturated carbocycles. The molecule has 198 valence electrons. The van der Waals surface area contributed by atoms with Gasteiger partial charge in [0.25, 0.3) is 0 Å². The van der Waals surface area contributed by atoms with Crippen LogP contribution in [-0.4, -0.2) is 46.6 Å². The predicted octanol–water partition coefficient (Wildman–Crippen LogP) is 7.29. The maximum Gasteiger partial charge on any atom is 0.134 e. The zero-order chi connectivity index (χ0) is 26.0. The third-order valence-electron chi connectivity index (χ3n) is 7.01. The number of phenolic OH excluding ortho intramolecular Hbond substituents is 2. The van der Waals surface area contributed by atoms with Gasteiger partial charge in [-0.3, -0.25) is 4.90 Å². The Hall–Kier alpha value is -2.83. The average Bonchev–Trinajstić information content (AvgIpc) is 2.90. The number of nitrogens with zero attached hydrogens (tertiary/aromatic N) is 1. The van der Waals surface area contributed by atoms with E-state index < -0.39 is 0 Å². The number of fused-ring (bicyclic) bond motifs is 1. The molecule has 2 N–H and O–H groups in total. The molecule has 5 nitrogen and oxygen atoms in total. The van der Waals surface area contributed by atoms with Gasteiger partial charge in [-0.05, 0) is 86.8 Å². The molecule has 0 bridgehead atoms. The van der Waals surface area contributed by atoms with E-state index in [0.717, 1.165) is 40.2 Å². The molecule has 3 aromatic carbocycles. The Morgan fingerprint density at radius 2 is 1.73 bits per heavy atom. The van der Waals surface area contributed by atoms with Gasteiger partial charge in [-0.15, -0.1) is 11.8 Å². The summed E-state index contributed by atoms with van der Waals surface area (Å²) in [5.41, 5.74) is 1.15. The van der Waals surface area contributed by atoms with E-state index in [2.05, 4.69) is 43.0 Å². The van der Waals surface area contributed by atoms with Crippen molar-refractivity contribution in [2.75, 3.05) is 25.4 Å². The molecule has 0 aromatic heterocycles. The highest BCUT2D eigenvalue weighted by molar-refractivity contribution is 7.99. The van der Waals surface area contributed by atoms with E-state index in [0.29, 0.717) is 11.8 Å². The van der Waals surface area contributed by atoms with E-state index in [1.54, 1.807) is 48.2 Å². The minimum absolute atomic E-state index is 0.0167. The molecule has 0 spiro atoms. The van der Waals surface area contributed by atoms with Gasteiger partial charge in [0.05, 0.1) is 4.90 Å². The number of para-hydroxylation sites is 1. The van der Waals surface area contributed by atoms with Crippen molar-refractivity contribution in [1.82, 2.24) is 4.90 Å². The maximum absolute atomic E-state index is 9.63. The third kappa shape index (κ3) is 8.34. The molecule has 5 rings (SSSR count). The molecule has 3 atom stereocenters. The van der Waals surface area contributed by atoms with Crippen LogP contribution in [0.4, 0.5) is 0 Å². The summed E-state index contributed by atoms with van der Waals surface area (Å²) in [4.78, 5) is 3.59. The van der Waals surface area contributed by atoms with E-state index in [1.807, 2.05) is 12.1 Å². The fraction of sp³-hybridized carbons (Fsp3) is 0.419. The van der Waals surface area contributed by atoms with Crippen LogP contribution >= 0.6 is 11.8 Å². The molecule has 6 heteroatoms. The molecule has 1 saturated heterocycles. The zero-order valence-corrected chi connectivity index (χ0v) is 22.7. The van der Waals surface area contributed by atoms with Crippen LogP contribution in [0.2, 0.25) is 0 Å². The molecule has 2 aliphatic heterocycles. The fourth-order valence-electron chi connectivity index (χ4n) is 4.64. The lowest BCUT2D eigenvalue weighted by atomic mass is 9.97. The zero-order valence-electron chi connectivity index (χ0n) is 21.9. The number of hydrogen-bond acceptors (Lipinski definition) is 6. The number of aromatic hydroxyl groups is 2. The van der Waals surface area contributed by atoms with E-state index in [-0.39, 0.29) is 11.9 Å². The monoisotopic (exact) mass is 521 g/mol. The predicted molar refractivity (Wildman–Crippen MR) is 151 cm³/mol. The van der Waals surface area contributed by atoms with Crippen molar-refractivity contribution in [1.29, 1.82) is 0 Å². The summed E-state index contributed by atoms with van der Waals surface area (Å²) < 4.78 is 12.3. The van der Waals surface area contributed by atoms with Crippen LogP contribution < -0.4 is 9.47 Å². The third-order valence-corrected chi connectivity index (χ3v) is 8.11. The Morgan fingerprint density at radius 3 is 2.46 bits per heavy atom. The summed E-state index contributed by atoms with van der Waals surface area (Å²) in [7, 11) is 0. The second-order valence-electron chi connectivity index (χ2n) is 10.0. The summed E-state index contributed by atoms with van der Waals surface area (Å²) in [6, 6.07) is 22.7. The first-order valence-electron chi connectivity index (χ1n) is 13.3. The van der Waals surface area contributed by atoms with Crippen molar-refractivity contribution in [3.8, 4) is 23.0 Å². The molecule has 3 aromatic rings. The Labute approximate surface area is 225 Å². The molecule has 2 aliphatic rings. The highest BCUT2D eigenvalue weighted by Gasteiger charge is 2.22. The number of phenols is 2. The van der Waals surface area contributed by atoms with E-state index in [9.17, 15) is 5.11 Å². The Morgan fingerprint density at radius 1 is 0.946 bits per heavy atom. The molecule has 0 amide bonds. The van der Waals surface area contributed by atoms with Crippen LogP contribution in [0.25, 0.3) is 0 Å². The lowest BCUT2D eigenvalue weighted by Gasteiger charge is -2.32.